The van der Waals surface area contributed by atoms with Gasteiger partial charge < -0.3 is 4.74 Å². The molecule has 2 aromatic carbocycles. The molecule has 3 rings (SSSR count). The molecule has 1 amide bonds. The number of nitrogens with one attached hydrogen (secondary N) is 1. The molecule has 0 aliphatic heterocycles. The maximum absolute atomic E-state index is 11.8. The van der Waals surface area contributed by atoms with Crippen LogP contribution in [-0.4, -0.2) is 18.7 Å². The summed E-state index contributed by atoms with van der Waals surface area (Å²) in [7, 11) is 0. The van der Waals surface area contributed by atoms with Crippen LogP contribution in [0.4, 0.5) is 0 Å². The Morgan fingerprint density at radius 2 is 1.96 bits per heavy atom. The smallest absolute Gasteiger partial charge is 0.277 e. The summed E-state index contributed by atoms with van der Waals surface area (Å²) in [6.07, 6.45) is 1.63. The molecule has 1 aromatic heterocycles. The predicted molar refractivity (Wildman–Crippen MR) is 120 cm³/mol. The Bertz CT molecular complexity index is 945. The molecule has 0 fully saturated rings. The maximum atomic E-state index is 11.8. The minimum absolute atomic E-state index is 0.0839. The molecule has 0 bridgehead atoms. The highest BCUT2D eigenvalue weighted by Gasteiger charge is 2.05. The molecule has 0 spiro atoms. The Labute approximate surface area is 184 Å². The number of hydrogen-bond acceptors (Lipinski definition) is 5. The quantitative estimate of drug-likeness (QED) is 0.244. The molecule has 0 saturated carbocycles. The number of carbonyl (C=O) groups is 1. The number of para-hydroxylation sites is 1. The predicted octanol–water partition coefficient (Wildman–Crippen LogP) is 5.69. The van der Waals surface area contributed by atoms with E-state index in [0.717, 1.165) is 22.6 Å². The van der Waals surface area contributed by atoms with E-state index in [4.69, 9.17) is 16.3 Å². The second kappa shape index (κ2) is 10.1. The number of amides is 1. The van der Waals surface area contributed by atoms with Gasteiger partial charge in [0.2, 0.25) is 0 Å². The van der Waals surface area contributed by atoms with Gasteiger partial charge in [-0.15, -0.1) is 11.3 Å². The number of ether oxygens (including phenoxy) is 1. The fourth-order valence-corrected chi connectivity index (χ4v) is 4.65. The highest BCUT2D eigenvalue weighted by Crippen LogP contribution is 2.33. The van der Waals surface area contributed by atoms with Gasteiger partial charge in [-0.3, -0.25) is 4.79 Å². The second-order valence-corrected chi connectivity index (χ2v) is 9.31. The summed E-state index contributed by atoms with van der Waals surface area (Å²) < 4.78 is 7.56. The van der Waals surface area contributed by atoms with Gasteiger partial charge in [0.1, 0.15) is 5.75 Å². The van der Waals surface area contributed by atoms with Crippen molar-refractivity contribution < 1.29 is 9.53 Å². The zero-order chi connectivity index (χ0) is 19.1. The van der Waals surface area contributed by atoms with Crippen molar-refractivity contribution >= 4 is 69.4 Å². The lowest BCUT2D eigenvalue weighted by Gasteiger charge is -2.06. The van der Waals surface area contributed by atoms with Crippen molar-refractivity contribution in [2.24, 2.45) is 5.10 Å². The summed E-state index contributed by atoms with van der Waals surface area (Å²) in [4.78, 5) is 13.9. The summed E-state index contributed by atoms with van der Waals surface area (Å²) in [5.74, 6) is 0.373. The van der Waals surface area contributed by atoms with Gasteiger partial charge >= 0.3 is 0 Å². The van der Waals surface area contributed by atoms with Crippen LogP contribution in [0.25, 0.3) is 0 Å². The van der Waals surface area contributed by atoms with Crippen molar-refractivity contribution in [2.75, 3.05) is 6.61 Å². The van der Waals surface area contributed by atoms with E-state index in [9.17, 15) is 4.79 Å². The molecule has 4 nitrogen and oxygen atoms in total. The lowest BCUT2D eigenvalue weighted by Crippen LogP contribution is -2.24. The molecular weight excluding hydrogens is 515 g/mol. The van der Waals surface area contributed by atoms with Gasteiger partial charge in [0, 0.05) is 14.8 Å². The zero-order valence-corrected chi connectivity index (χ0v) is 18.4. The third kappa shape index (κ3) is 6.53. The normalized spacial score (nSPS) is 10.9. The van der Waals surface area contributed by atoms with Crippen molar-refractivity contribution in [3.05, 3.63) is 74.1 Å². The van der Waals surface area contributed by atoms with Crippen molar-refractivity contribution in [1.82, 2.24) is 5.43 Å². The molecule has 27 heavy (non-hydrogen) atoms. The molecule has 0 atom stereocenters. The Balaban J connectivity index is 1.47. The van der Waals surface area contributed by atoms with E-state index in [0.29, 0.717) is 5.75 Å². The van der Waals surface area contributed by atoms with Gasteiger partial charge in [0.25, 0.3) is 5.91 Å². The maximum Gasteiger partial charge on any atom is 0.277 e. The third-order valence-electron chi connectivity index (χ3n) is 3.21. The fraction of sp³-hybridized carbons (Fsp3) is 0.0526. The van der Waals surface area contributed by atoms with Crippen LogP contribution in [0.15, 0.2) is 74.9 Å². The molecule has 0 radical (unpaired) electrons. The lowest BCUT2D eigenvalue weighted by molar-refractivity contribution is -0.123. The Kier molecular flexibility index (Phi) is 7.57. The minimum atomic E-state index is -0.307. The number of halogens is 2. The average Bonchev–Trinajstić information content (AvgIpc) is 3.10. The summed E-state index contributed by atoms with van der Waals surface area (Å²) >= 11 is 11.3. The Hall–Kier alpha value is -1.55. The number of nitrogens with zero attached hydrogens (tertiary/aromatic N) is 1. The van der Waals surface area contributed by atoms with Crippen LogP contribution in [0.3, 0.4) is 0 Å². The van der Waals surface area contributed by atoms with Gasteiger partial charge in [-0.25, -0.2) is 5.43 Å². The molecule has 0 unspecified atom stereocenters. The van der Waals surface area contributed by atoms with E-state index in [2.05, 4.69) is 33.1 Å². The molecular formula is C19H14ClIN2O2S2. The number of benzene rings is 2. The number of hydrogen-bond donors (Lipinski definition) is 1. The van der Waals surface area contributed by atoms with Gasteiger partial charge in [-0.05, 0) is 71.1 Å². The van der Waals surface area contributed by atoms with Gasteiger partial charge in [-0.1, -0.05) is 35.5 Å². The molecule has 3 aromatic rings. The standard InChI is InChI=1S/C19H14ClIN2O2S2/c20-13-5-7-14(8-6-13)26-19-10-9-15(27-19)11-22-23-18(24)12-25-17-4-2-1-3-16(17)21/h1-11H,12H2,(H,23,24)/b22-11+. The van der Waals surface area contributed by atoms with Crippen molar-refractivity contribution in [2.45, 2.75) is 9.10 Å². The zero-order valence-electron chi connectivity index (χ0n) is 13.9. The monoisotopic (exact) mass is 528 g/mol. The van der Waals surface area contributed by atoms with Crippen LogP contribution in [0.5, 0.6) is 5.75 Å². The summed E-state index contributed by atoms with van der Waals surface area (Å²) in [5, 5.41) is 4.71. The average molecular weight is 529 g/mol. The fourth-order valence-electron chi connectivity index (χ4n) is 1.98. The van der Waals surface area contributed by atoms with Gasteiger partial charge in [0.15, 0.2) is 6.61 Å². The first-order valence-corrected chi connectivity index (χ1v) is 10.9. The highest BCUT2D eigenvalue weighted by atomic mass is 127. The van der Waals surface area contributed by atoms with Crippen LogP contribution in [-0.2, 0) is 4.79 Å². The summed E-state index contributed by atoms with van der Waals surface area (Å²) in [6.45, 7) is -0.0839. The Morgan fingerprint density at radius 3 is 2.74 bits per heavy atom. The molecule has 0 aliphatic rings. The van der Waals surface area contributed by atoms with Crippen LogP contribution < -0.4 is 10.2 Å². The molecule has 1 N–H and O–H groups in total. The number of carbonyl (C=O) groups excluding carboxylic acids is 1. The molecule has 8 heteroatoms. The molecule has 138 valence electrons. The van der Waals surface area contributed by atoms with E-state index >= 15 is 0 Å². The third-order valence-corrected chi connectivity index (χ3v) is 6.51. The molecule has 0 saturated heterocycles. The van der Waals surface area contributed by atoms with Crippen molar-refractivity contribution in [1.29, 1.82) is 0 Å². The van der Waals surface area contributed by atoms with Crippen molar-refractivity contribution in [3.63, 3.8) is 0 Å². The Morgan fingerprint density at radius 1 is 1.19 bits per heavy atom. The lowest BCUT2D eigenvalue weighted by atomic mass is 10.3. The van der Waals surface area contributed by atoms with Crippen molar-refractivity contribution in [3.8, 4) is 5.75 Å². The topological polar surface area (TPSA) is 50.7 Å². The van der Waals surface area contributed by atoms with E-state index in [1.165, 1.54) is 0 Å². The van der Waals surface area contributed by atoms with Crippen LogP contribution in [0.2, 0.25) is 5.02 Å². The van der Waals surface area contributed by atoms with Gasteiger partial charge in [-0.2, -0.15) is 5.10 Å². The first-order chi connectivity index (χ1) is 13.1. The first kappa shape index (κ1) is 20.2. The van der Waals surface area contributed by atoms with Crippen LogP contribution in [0, 0.1) is 3.57 Å². The van der Waals surface area contributed by atoms with E-state index in [1.807, 2.05) is 60.7 Å². The largest absolute Gasteiger partial charge is 0.483 e. The second-order valence-electron chi connectivity index (χ2n) is 5.23. The first-order valence-electron chi connectivity index (χ1n) is 7.82. The number of rotatable bonds is 7. The van der Waals surface area contributed by atoms with Crippen LogP contribution in [0.1, 0.15) is 4.88 Å². The minimum Gasteiger partial charge on any atom is -0.483 e. The molecule has 0 aliphatic carbocycles. The number of hydrazone groups is 1. The van der Waals surface area contributed by atoms with E-state index in [1.54, 1.807) is 29.3 Å². The highest BCUT2D eigenvalue weighted by molar-refractivity contribution is 14.1. The number of thiophene rings is 1. The van der Waals surface area contributed by atoms with E-state index in [-0.39, 0.29) is 12.5 Å². The summed E-state index contributed by atoms with van der Waals surface area (Å²) in [5.41, 5.74) is 2.47. The SMILES string of the molecule is O=C(COc1ccccc1I)N/N=C/c1ccc(Sc2ccc(Cl)cc2)s1. The van der Waals surface area contributed by atoms with E-state index < -0.39 is 0 Å². The van der Waals surface area contributed by atoms with Crippen LogP contribution >= 0.6 is 57.3 Å². The van der Waals surface area contributed by atoms with Gasteiger partial charge in [0.05, 0.1) is 14.0 Å². The molecule has 1 heterocycles. The summed E-state index contributed by atoms with van der Waals surface area (Å²) in [6, 6.07) is 19.2.